The zero-order chi connectivity index (χ0) is 10.8. The summed E-state index contributed by atoms with van der Waals surface area (Å²) in [5, 5.41) is 0.323. The first kappa shape index (κ1) is 11.1. The molecule has 1 aromatic carbocycles. The maximum absolute atomic E-state index is 12.2. The summed E-state index contributed by atoms with van der Waals surface area (Å²) in [6, 6.07) is 5.05. The largest absolute Gasteiger partial charge is 0.416 e. The van der Waals surface area contributed by atoms with Gasteiger partial charge in [0.2, 0.25) is 0 Å². The molecule has 0 nitrogen and oxygen atoms in total. The van der Waals surface area contributed by atoms with Gasteiger partial charge in [-0.15, -0.1) is 0 Å². The van der Waals surface area contributed by atoms with Crippen molar-refractivity contribution in [2.45, 2.75) is 12.6 Å². The van der Waals surface area contributed by atoms with E-state index in [1.54, 1.807) is 6.07 Å². The van der Waals surface area contributed by atoms with Crippen molar-refractivity contribution in [2.24, 2.45) is 0 Å². The quantitative estimate of drug-likeness (QED) is 0.707. The molecule has 0 unspecified atom stereocenters. The van der Waals surface area contributed by atoms with Crippen LogP contribution >= 0.6 is 11.6 Å². The molecule has 0 heterocycles. The van der Waals surface area contributed by atoms with Gasteiger partial charge in [0.1, 0.15) is 0 Å². The first-order chi connectivity index (χ1) is 6.39. The number of benzene rings is 1. The Morgan fingerprint density at radius 3 is 2.50 bits per heavy atom. The highest BCUT2D eigenvalue weighted by Gasteiger charge is 2.30. The third-order valence-corrected chi connectivity index (χ3v) is 1.78. The second-order valence-electron chi connectivity index (χ2n) is 2.89. The van der Waals surface area contributed by atoms with E-state index in [1.807, 2.05) is 0 Å². The van der Waals surface area contributed by atoms with Crippen LogP contribution in [-0.4, -0.2) is 0 Å². The fraction of sp³-hybridized carbons (Fsp3) is 0.200. The maximum Gasteiger partial charge on any atom is 0.416 e. The van der Waals surface area contributed by atoms with E-state index in [0.29, 0.717) is 10.6 Å². The molecule has 0 saturated carbocycles. The van der Waals surface area contributed by atoms with Gasteiger partial charge in [-0.25, -0.2) is 0 Å². The van der Waals surface area contributed by atoms with Gasteiger partial charge < -0.3 is 0 Å². The SMILES string of the molecule is C=C(Cl)Cc1cccc(C(F)(F)F)c1. The molecule has 0 spiro atoms. The van der Waals surface area contributed by atoms with Gasteiger partial charge in [-0.1, -0.05) is 36.4 Å². The standard InChI is InChI=1S/C10H8ClF3/c1-7(11)5-8-3-2-4-9(6-8)10(12,13)14/h2-4,6H,1,5H2. The third kappa shape index (κ3) is 3.07. The minimum atomic E-state index is -4.30. The van der Waals surface area contributed by atoms with Crippen LogP contribution in [-0.2, 0) is 12.6 Å². The van der Waals surface area contributed by atoms with Crippen LogP contribution in [0, 0.1) is 0 Å². The molecule has 0 radical (unpaired) electrons. The molecular weight excluding hydrogens is 213 g/mol. The molecule has 0 aliphatic heterocycles. The Morgan fingerprint density at radius 2 is 2.00 bits per heavy atom. The van der Waals surface area contributed by atoms with E-state index in [2.05, 4.69) is 6.58 Å². The van der Waals surface area contributed by atoms with Crippen LogP contribution < -0.4 is 0 Å². The summed E-state index contributed by atoms with van der Waals surface area (Å²) in [4.78, 5) is 0. The Labute approximate surface area is 85.0 Å². The Balaban J connectivity index is 2.95. The van der Waals surface area contributed by atoms with Gasteiger partial charge in [-0.2, -0.15) is 13.2 Å². The van der Waals surface area contributed by atoms with Gasteiger partial charge in [0.05, 0.1) is 5.56 Å². The molecule has 0 aliphatic rings. The minimum Gasteiger partial charge on any atom is -0.166 e. The lowest BCUT2D eigenvalue weighted by Crippen LogP contribution is -2.05. The molecule has 0 fully saturated rings. The molecular formula is C10H8ClF3. The zero-order valence-electron chi connectivity index (χ0n) is 7.24. The molecule has 0 saturated heterocycles. The van der Waals surface area contributed by atoms with Crippen molar-refractivity contribution >= 4 is 11.6 Å². The third-order valence-electron chi connectivity index (χ3n) is 1.65. The average molecular weight is 221 g/mol. The maximum atomic E-state index is 12.2. The van der Waals surface area contributed by atoms with Gasteiger partial charge in [0.25, 0.3) is 0 Å². The molecule has 14 heavy (non-hydrogen) atoms. The van der Waals surface area contributed by atoms with Crippen molar-refractivity contribution in [3.8, 4) is 0 Å². The Bertz CT molecular complexity index is 341. The van der Waals surface area contributed by atoms with E-state index < -0.39 is 11.7 Å². The molecule has 0 bridgehead atoms. The molecule has 1 rings (SSSR count). The van der Waals surface area contributed by atoms with Crippen LogP contribution in [0.3, 0.4) is 0 Å². The van der Waals surface area contributed by atoms with Crippen molar-refractivity contribution in [1.29, 1.82) is 0 Å². The first-order valence-electron chi connectivity index (χ1n) is 3.89. The van der Waals surface area contributed by atoms with Crippen LogP contribution in [0.25, 0.3) is 0 Å². The number of rotatable bonds is 2. The molecule has 0 N–H and O–H groups in total. The van der Waals surface area contributed by atoms with E-state index >= 15 is 0 Å². The fourth-order valence-corrected chi connectivity index (χ4v) is 1.23. The fourth-order valence-electron chi connectivity index (χ4n) is 1.08. The predicted octanol–water partition coefficient (Wildman–Crippen LogP) is 4.00. The second-order valence-corrected chi connectivity index (χ2v) is 3.43. The van der Waals surface area contributed by atoms with Crippen molar-refractivity contribution in [3.63, 3.8) is 0 Å². The molecule has 4 heteroatoms. The van der Waals surface area contributed by atoms with Crippen LogP contribution in [0.4, 0.5) is 13.2 Å². The summed E-state index contributed by atoms with van der Waals surface area (Å²) in [7, 11) is 0. The van der Waals surface area contributed by atoms with Crippen LogP contribution in [0.2, 0.25) is 0 Å². The lowest BCUT2D eigenvalue weighted by molar-refractivity contribution is -0.137. The number of allylic oxidation sites excluding steroid dienone is 1. The zero-order valence-corrected chi connectivity index (χ0v) is 7.99. The highest BCUT2D eigenvalue weighted by atomic mass is 35.5. The second kappa shape index (κ2) is 4.05. The highest BCUT2D eigenvalue weighted by Crippen LogP contribution is 2.29. The summed E-state index contributed by atoms with van der Waals surface area (Å²) in [5.41, 5.74) is -0.146. The molecule has 1 aromatic rings. The Hall–Kier alpha value is -0.960. The highest BCUT2D eigenvalue weighted by molar-refractivity contribution is 6.29. The monoisotopic (exact) mass is 220 g/mol. The van der Waals surface area contributed by atoms with Crippen LogP contribution in [0.5, 0.6) is 0 Å². The van der Waals surface area contributed by atoms with Gasteiger partial charge in [-0.05, 0) is 11.6 Å². The Morgan fingerprint density at radius 1 is 1.36 bits per heavy atom. The molecule has 0 amide bonds. The number of hydrogen-bond acceptors (Lipinski definition) is 0. The lowest BCUT2D eigenvalue weighted by atomic mass is 10.1. The van der Waals surface area contributed by atoms with E-state index in [9.17, 15) is 13.2 Å². The van der Waals surface area contributed by atoms with Crippen LogP contribution in [0.15, 0.2) is 35.9 Å². The molecule has 0 atom stereocenters. The number of halogens is 4. The smallest absolute Gasteiger partial charge is 0.166 e. The van der Waals surface area contributed by atoms with E-state index in [1.165, 1.54) is 6.07 Å². The Kier molecular flexibility index (Phi) is 3.21. The summed E-state index contributed by atoms with van der Waals surface area (Å²) in [5.74, 6) is 0. The number of hydrogen-bond donors (Lipinski definition) is 0. The summed E-state index contributed by atoms with van der Waals surface area (Å²) < 4.78 is 36.7. The number of alkyl halides is 3. The van der Waals surface area contributed by atoms with Gasteiger partial charge in [-0.3, -0.25) is 0 Å². The van der Waals surface area contributed by atoms with Crippen LogP contribution in [0.1, 0.15) is 11.1 Å². The predicted molar refractivity (Wildman–Crippen MR) is 50.1 cm³/mol. The van der Waals surface area contributed by atoms with E-state index in [0.717, 1.165) is 12.1 Å². The van der Waals surface area contributed by atoms with Gasteiger partial charge in [0, 0.05) is 11.5 Å². The minimum absolute atomic E-state index is 0.255. The normalized spacial score (nSPS) is 11.4. The first-order valence-corrected chi connectivity index (χ1v) is 4.27. The molecule has 76 valence electrons. The summed E-state index contributed by atoms with van der Waals surface area (Å²) in [6.07, 6.45) is -4.05. The van der Waals surface area contributed by atoms with Gasteiger partial charge >= 0.3 is 6.18 Å². The summed E-state index contributed by atoms with van der Waals surface area (Å²) >= 11 is 5.50. The van der Waals surface area contributed by atoms with Crippen molar-refractivity contribution < 1.29 is 13.2 Å². The van der Waals surface area contributed by atoms with Crippen molar-refractivity contribution in [2.75, 3.05) is 0 Å². The van der Waals surface area contributed by atoms with E-state index in [4.69, 9.17) is 11.6 Å². The molecule has 0 aliphatic carbocycles. The summed E-state index contributed by atoms with van der Waals surface area (Å²) in [6.45, 7) is 3.43. The average Bonchev–Trinajstić information content (AvgIpc) is 2.01. The molecule has 0 aromatic heterocycles. The van der Waals surface area contributed by atoms with Crippen molar-refractivity contribution in [1.82, 2.24) is 0 Å². The topological polar surface area (TPSA) is 0 Å². The van der Waals surface area contributed by atoms with Gasteiger partial charge in [0.15, 0.2) is 0 Å². The van der Waals surface area contributed by atoms with E-state index in [-0.39, 0.29) is 6.42 Å². The van der Waals surface area contributed by atoms with Crippen molar-refractivity contribution in [3.05, 3.63) is 47.0 Å². The lowest BCUT2D eigenvalue weighted by Gasteiger charge is -2.07.